The number of aliphatic carboxylic acids is 1. The van der Waals surface area contributed by atoms with Gasteiger partial charge in [0.05, 0.1) is 24.2 Å². The normalized spacial score (nSPS) is 16.4. The van der Waals surface area contributed by atoms with E-state index in [1.807, 2.05) is 34.7 Å². The molecule has 0 aliphatic carbocycles. The summed E-state index contributed by atoms with van der Waals surface area (Å²) in [6, 6.07) is 9.19. The number of β-lactam (4-membered cyclic amide) rings is 1. The van der Waals surface area contributed by atoms with Crippen molar-refractivity contribution in [3.63, 3.8) is 0 Å². The highest BCUT2D eigenvalue weighted by Gasteiger charge is 2.58. The standard InChI is InChI=1S/C29H34N10O10S2/c1-29(2)24(26(41)39(29)49-51(44,45)46)35-25(40)23(19-15-50-28(31)33-19)36-48-20(27(42)43)14-47-17-6-7-18-16(13-17)5-8-21(32-18)34-22-9-12-38(37(22)3)11-4-10-30/h5-9,12-13,15,20,24H,4,10-11,14,30H2,1-3H3,(H5,31,33,35,40,42,43,44,45,46)/p+1/b36-23-/t20-,24?/m0/s1. The summed E-state index contributed by atoms with van der Waals surface area (Å²) >= 11 is 0.955. The fourth-order valence-corrected chi connectivity index (χ4v) is 5.95. The number of oxime groups is 1. The van der Waals surface area contributed by atoms with Gasteiger partial charge in [0.25, 0.3) is 17.9 Å². The number of amides is 2. The number of carbonyl (C=O) groups excluding carboxylic acids is 2. The molecule has 1 aliphatic heterocycles. The van der Waals surface area contributed by atoms with E-state index in [-0.39, 0.29) is 10.8 Å². The average Bonchev–Trinajstić information content (AvgIpc) is 3.66. The number of fused-ring (bicyclic) bond motifs is 1. The lowest BCUT2D eigenvalue weighted by atomic mass is 9.84. The molecule has 1 saturated heterocycles. The molecule has 3 aromatic heterocycles. The highest BCUT2D eigenvalue weighted by Crippen LogP contribution is 2.33. The van der Waals surface area contributed by atoms with Gasteiger partial charge in [-0.2, -0.15) is 13.5 Å². The summed E-state index contributed by atoms with van der Waals surface area (Å²) in [5, 5.41) is 21.7. The van der Waals surface area contributed by atoms with E-state index in [1.165, 1.54) is 19.2 Å². The molecular formula is C29H35N10O10S2+. The Morgan fingerprint density at radius 1 is 1.22 bits per heavy atom. The Morgan fingerprint density at radius 3 is 2.63 bits per heavy atom. The maximum atomic E-state index is 13.3. The molecule has 20 nitrogen and oxygen atoms in total. The van der Waals surface area contributed by atoms with Gasteiger partial charge in [0.2, 0.25) is 0 Å². The molecule has 8 N–H and O–H groups in total. The van der Waals surface area contributed by atoms with Gasteiger partial charge in [-0.15, -0.1) is 25.0 Å². The van der Waals surface area contributed by atoms with Gasteiger partial charge in [0, 0.05) is 17.2 Å². The predicted octanol–water partition coefficient (Wildman–Crippen LogP) is 0.0848. The van der Waals surface area contributed by atoms with Crippen LogP contribution in [0.15, 0.2) is 53.1 Å². The van der Waals surface area contributed by atoms with Crippen molar-refractivity contribution in [2.45, 2.75) is 44.5 Å². The minimum Gasteiger partial charge on any atom is -0.489 e. The lowest BCUT2D eigenvalue weighted by Crippen LogP contribution is -2.76. The van der Waals surface area contributed by atoms with Gasteiger partial charge < -0.3 is 36.8 Å². The second-order valence-corrected chi connectivity index (χ2v) is 13.5. The first-order valence-corrected chi connectivity index (χ1v) is 17.4. The number of carbonyl (C=O) groups is 3. The zero-order valence-corrected chi connectivity index (χ0v) is 29.0. The number of hydrogen-bond donors (Lipinski definition) is 6. The zero-order valence-electron chi connectivity index (χ0n) is 27.4. The number of aryl methyl sites for hydroxylation is 1. The van der Waals surface area contributed by atoms with Gasteiger partial charge in [-0.05, 0) is 50.7 Å². The Kier molecular flexibility index (Phi) is 10.7. The largest absolute Gasteiger partial charge is 0.489 e. The van der Waals surface area contributed by atoms with Crippen molar-refractivity contribution >= 4 is 72.9 Å². The molecule has 0 saturated carbocycles. The summed E-state index contributed by atoms with van der Waals surface area (Å²) in [5.74, 6) is -1.75. The van der Waals surface area contributed by atoms with Crippen LogP contribution in [0.5, 0.6) is 5.75 Å². The highest BCUT2D eigenvalue weighted by atomic mass is 32.3. The number of nitrogen functional groups attached to an aromatic ring is 1. The van der Waals surface area contributed by atoms with Crippen LogP contribution < -0.4 is 31.5 Å². The fourth-order valence-electron chi connectivity index (χ4n) is 4.95. The van der Waals surface area contributed by atoms with E-state index in [2.05, 4.69) is 30.0 Å². The van der Waals surface area contributed by atoms with E-state index in [0.29, 0.717) is 34.1 Å². The van der Waals surface area contributed by atoms with Crippen molar-refractivity contribution in [1.29, 1.82) is 0 Å². The lowest BCUT2D eigenvalue weighted by molar-refractivity contribution is -0.772. The van der Waals surface area contributed by atoms with E-state index in [4.69, 9.17) is 25.6 Å². The topological polar surface area (TPSA) is 280 Å². The number of anilines is 3. The first-order chi connectivity index (χ1) is 24.1. The molecular weight excluding hydrogens is 713 g/mol. The number of ether oxygens (including phenoxy) is 1. The number of rotatable bonds is 16. The number of thiazole rings is 1. The maximum absolute atomic E-state index is 13.3. The first kappa shape index (κ1) is 36.9. The molecule has 22 heteroatoms. The minimum atomic E-state index is -5.03. The number of nitrogens with two attached hydrogens (primary N) is 2. The van der Waals surface area contributed by atoms with Crippen molar-refractivity contribution in [1.82, 2.24) is 25.0 Å². The third-order valence-electron chi connectivity index (χ3n) is 7.70. The molecule has 51 heavy (non-hydrogen) atoms. The molecule has 2 amide bonds. The maximum Gasteiger partial charge on any atom is 0.418 e. The van der Waals surface area contributed by atoms with E-state index in [9.17, 15) is 27.9 Å². The average molecular weight is 748 g/mol. The molecule has 4 heterocycles. The zero-order chi connectivity index (χ0) is 37.1. The van der Waals surface area contributed by atoms with Gasteiger partial charge in [-0.25, -0.2) is 14.8 Å². The number of hydroxylamine groups is 2. The second-order valence-electron chi connectivity index (χ2n) is 11.7. The molecule has 1 aliphatic rings. The summed E-state index contributed by atoms with van der Waals surface area (Å²) < 4.78 is 45.2. The van der Waals surface area contributed by atoms with Crippen molar-refractivity contribution in [2.24, 2.45) is 17.9 Å². The Morgan fingerprint density at radius 2 is 1.98 bits per heavy atom. The van der Waals surface area contributed by atoms with Gasteiger partial charge in [0.15, 0.2) is 29.4 Å². The lowest BCUT2D eigenvalue weighted by Gasteiger charge is -2.50. The number of hydrogen-bond acceptors (Lipinski definition) is 15. The van der Waals surface area contributed by atoms with Crippen LogP contribution in [0.25, 0.3) is 10.9 Å². The molecule has 1 fully saturated rings. The first-order valence-electron chi connectivity index (χ1n) is 15.1. The third-order valence-corrected chi connectivity index (χ3v) is 8.71. The van der Waals surface area contributed by atoms with Crippen LogP contribution in [-0.2, 0) is 47.5 Å². The number of carboxylic acids is 1. The fraction of sp³-hybridized carbons (Fsp3) is 0.345. The quantitative estimate of drug-likeness (QED) is 0.0291. The van der Waals surface area contributed by atoms with Crippen molar-refractivity contribution in [3.05, 3.63) is 53.7 Å². The van der Waals surface area contributed by atoms with Crippen LogP contribution in [0.2, 0.25) is 0 Å². The molecule has 1 aromatic carbocycles. The van der Waals surface area contributed by atoms with Crippen LogP contribution in [0.1, 0.15) is 26.0 Å². The van der Waals surface area contributed by atoms with Crippen molar-refractivity contribution < 1.29 is 51.0 Å². The predicted molar refractivity (Wildman–Crippen MR) is 181 cm³/mol. The number of nitrogens with zero attached hydrogens (tertiary/aromatic N) is 6. The Hall–Kier alpha value is -5.42. The van der Waals surface area contributed by atoms with Gasteiger partial charge in [0.1, 0.15) is 29.9 Å². The number of carboxylic acid groups (broad SMARTS) is 1. The molecule has 5 rings (SSSR count). The summed E-state index contributed by atoms with van der Waals surface area (Å²) in [4.78, 5) is 51.7. The summed E-state index contributed by atoms with van der Waals surface area (Å²) in [6.45, 7) is 3.56. The summed E-state index contributed by atoms with van der Waals surface area (Å²) in [6.07, 6.45) is 1.09. The van der Waals surface area contributed by atoms with Crippen LogP contribution in [-0.4, -0.2) is 92.1 Å². The van der Waals surface area contributed by atoms with Crippen LogP contribution >= 0.6 is 11.3 Å². The summed E-state index contributed by atoms with van der Waals surface area (Å²) in [7, 11) is -3.10. The second kappa shape index (κ2) is 14.8. The molecule has 0 radical (unpaired) electrons. The molecule has 0 bridgehead atoms. The smallest absolute Gasteiger partial charge is 0.418 e. The Bertz CT molecular complexity index is 2100. The Labute approximate surface area is 294 Å². The number of nitrogens with one attached hydrogen (secondary N) is 2. The van der Waals surface area contributed by atoms with E-state index >= 15 is 0 Å². The summed E-state index contributed by atoms with van der Waals surface area (Å²) in [5.41, 5.74) is 9.92. The van der Waals surface area contributed by atoms with Gasteiger partial charge in [-0.3, -0.25) is 14.1 Å². The minimum absolute atomic E-state index is 0.0523. The van der Waals surface area contributed by atoms with Crippen LogP contribution in [0, 0.1) is 0 Å². The molecule has 4 aromatic rings. The number of benzene rings is 1. The monoisotopic (exact) mass is 747 g/mol. The molecule has 2 atom stereocenters. The Balaban J connectivity index is 1.26. The van der Waals surface area contributed by atoms with Crippen molar-refractivity contribution in [3.8, 4) is 5.75 Å². The van der Waals surface area contributed by atoms with E-state index in [0.717, 1.165) is 30.1 Å². The number of aromatic nitrogens is 4. The van der Waals surface area contributed by atoms with Crippen molar-refractivity contribution in [2.75, 3.05) is 24.2 Å². The number of pyridine rings is 1. The van der Waals surface area contributed by atoms with Crippen LogP contribution in [0.4, 0.5) is 16.8 Å². The highest BCUT2D eigenvalue weighted by molar-refractivity contribution is 7.80. The molecule has 1 unspecified atom stereocenters. The van der Waals surface area contributed by atoms with E-state index < -0.39 is 58.2 Å². The molecule has 0 spiro atoms. The van der Waals surface area contributed by atoms with Gasteiger partial charge >= 0.3 is 16.4 Å². The van der Waals surface area contributed by atoms with Gasteiger partial charge in [-0.1, -0.05) is 5.16 Å². The SMILES string of the molecule is Cn1c(Nc2ccc3cc(OC[C@H](O/N=C(\C(=O)NC4C(=O)N(OS(=O)(=O)O)C4(C)C)c4csc(N)n4)C(=O)O)ccc3n2)cc[n+]1CCCN. The van der Waals surface area contributed by atoms with E-state index in [1.54, 1.807) is 24.3 Å². The molecule has 272 valence electrons. The third kappa shape index (κ3) is 8.49. The van der Waals surface area contributed by atoms with Crippen LogP contribution in [0.3, 0.4) is 0 Å².